The summed E-state index contributed by atoms with van der Waals surface area (Å²) < 4.78 is 0. The van der Waals surface area contributed by atoms with E-state index in [-0.39, 0.29) is 11.4 Å². The molecule has 0 spiro atoms. The molecule has 4 nitrogen and oxygen atoms in total. The highest BCUT2D eigenvalue weighted by atomic mass is 35.5. The summed E-state index contributed by atoms with van der Waals surface area (Å²) in [6, 6.07) is 6.63. The number of nitrogens with zero attached hydrogens (tertiary/aromatic N) is 1. The van der Waals surface area contributed by atoms with Crippen LogP contribution in [0.1, 0.15) is 12.5 Å². The van der Waals surface area contributed by atoms with Crippen molar-refractivity contribution in [3.8, 4) is 0 Å². The summed E-state index contributed by atoms with van der Waals surface area (Å²) >= 11 is 5.73. The highest BCUT2D eigenvalue weighted by Crippen LogP contribution is 2.17. The van der Waals surface area contributed by atoms with Crippen LogP contribution in [0.4, 0.5) is 0 Å². The number of rotatable bonds is 2. The van der Waals surface area contributed by atoms with Gasteiger partial charge in [0.1, 0.15) is 5.70 Å². The van der Waals surface area contributed by atoms with Gasteiger partial charge < -0.3 is 5.73 Å². The molecule has 5 heteroatoms. The van der Waals surface area contributed by atoms with Crippen LogP contribution in [0.3, 0.4) is 0 Å². The summed E-state index contributed by atoms with van der Waals surface area (Å²) in [7, 11) is 0. The molecule has 1 aromatic carbocycles. The summed E-state index contributed by atoms with van der Waals surface area (Å²) in [5.74, 6) is 0. The van der Waals surface area contributed by atoms with Crippen LogP contribution >= 0.6 is 11.6 Å². The number of allylic oxidation sites excluding steroid dienone is 1. The van der Waals surface area contributed by atoms with Crippen LogP contribution in [0.15, 0.2) is 30.0 Å². The minimum Gasteiger partial charge on any atom is -0.393 e. The highest BCUT2D eigenvalue weighted by Gasteiger charge is 2.11. The lowest BCUT2D eigenvalue weighted by atomic mass is 10.1. The lowest BCUT2D eigenvalue weighted by molar-refractivity contribution is -0.423. The van der Waals surface area contributed by atoms with Crippen molar-refractivity contribution in [3.05, 3.63) is 50.7 Å². The van der Waals surface area contributed by atoms with Crippen molar-refractivity contribution in [2.45, 2.75) is 6.92 Å². The summed E-state index contributed by atoms with van der Waals surface area (Å²) in [5, 5.41) is 10.9. The lowest BCUT2D eigenvalue weighted by Gasteiger charge is -2.01. The zero-order chi connectivity index (χ0) is 10.7. The molecule has 0 saturated carbocycles. The summed E-state index contributed by atoms with van der Waals surface area (Å²) in [4.78, 5) is 9.92. The van der Waals surface area contributed by atoms with Gasteiger partial charge in [0.15, 0.2) is 0 Å². The van der Waals surface area contributed by atoms with Crippen molar-refractivity contribution < 1.29 is 4.92 Å². The molecule has 2 N–H and O–H groups in total. The van der Waals surface area contributed by atoms with Crippen LogP contribution in [0, 0.1) is 10.1 Å². The molecule has 0 bridgehead atoms. The predicted molar refractivity (Wildman–Crippen MR) is 55.2 cm³/mol. The molecule has 1 rings (SSSR count). The van der Waals surface area contributed by atoms with Gasteiger partial charge in [0.05, 0.1) is 4.92 Å². The number of hydrogen-bond acceptors (Lipinski definition) is 3. The van der Waals surface area contributed by atoms with Crippen molar-refractivity contribution in [1.29, 1.82) is 0 Å². The molecule has 0 radical (unpaired) electrons. The quantitative estimate of drug-likeness (QED) is 0.604. The molecule has 0 amide bonds. The van der Waals surface area contributed by atoms with Crippen molar-refractivity contribution >= 4 is 17.3 Å². The molecule has 14 heavy (non-hydrogen) atoms. The standard InChI is InChI=1S/C9H9ClN2O2/c1-6(12(13)14)9(11)7-3-2-4-8(10)5-7/h2-5H,11H2,1H3/b9-6-. The van der Waals surface area contributed by atoms with Gasteiger partial charge in [-0.15, -0.1) is 0 Å². The first-order chi connectivity index (χ1) is 6.52. The Morgan fingerprint density at radius 2 is 2.21 bits per heavy atom. The molecular formula is C9H9ClN2O2. The molecule has 0 heterocycles. The second-order valence-corrected chi connectivity index (χ2v) is 3.20. The summed E-state index contributed by atoms with van der Waals surface area (Å²) in [6.07, 6.45) is 0. The molecule has 1 aromatic rings. The first kappa shape index (κ1) is 10.5. The average Bonchev–Trinajstić information content (AvgIpc) is 2.15. The minimum absolute atomic E-state index is 0.0766. The fourth-order valence-corrected chi connectivity index (χ4v) is 1.15. The minimum atomic E-state index is -0.518. The first-order valence-electron chi connectivity index (χ1n) is 3.89. The van der Waals surface area contributed by atoms with Gasteiger partial charge in [0.2, 0.25) is 0 Å². The third-order valence-corrected chi connectivity index (χ3v) is 2.03. The van der Waals surface area contributed by atoms with Gasteiger partial charge in [0.25, 0.3) is 5.70 Å². The molecule has 0 fully saturated rings. The van der Waals surface area contributed by atoms with Gasteiger partial charge in [-0.3, -0.25) is 10.1 Å². The van der Waals surface area contributed by atoms with Crippen LogP contribution in [0.25, 0.3) is 5.70 Å². The Balaban J connectivity index is 3.18. The Bertz CT molecular complexity index is 402. The molecule has 0 atom stereocenters. The van der Waals surface area contributed by atoms with E-state index in [4.69, 9.17) is 17.3 Å². The monoisotopic (exact) mass is 212 g/mol. The van der Waals surface area contributed by atoms with E-state index in [2.05, 4.69) is 0 Å². The van der Waals surface area contributed by atoms with E-state index in [1.807, 2.05) is 0 Å². The van der Waals surface area contributed by atoms with E-state index in [1.54, 1.807) is 24.3 Å². The second kappa shape index (κ2) is 4.11. The van der Waals surface area contributed by atoms with Crippen molar-refractivity contribution in [2.75, 3.05) is 0 Å². The Morgan fingerprint density at radius 3 is 2.71 bits per heavy atom. The van der Waals surface area contributed by atoms with Crippen LogP contribution in [-0.4, -0.2) is 4.92 Å². The second-order valence-electron chi connectivity index (χ2n) is 2.77. The van der Waals surface area contributed by atoms with Crippen LogP contribution < -0.4 is 5.73 Å². The third-order valence-electron chi connectivity index (χ3n) is 1.80. The highest BCUT2D eigenvalue weighted by molar-refractivity contribution is 6.30. The fraction of sp³-hybridized carbons (Fsp3) is 0.111. The van der Waals surface area contributed by atoms with E-state index in [9.17, 15) is 10.1 Å². The maximum Gasteiger partial charge on any atom is 0.266 e. The van der Waals surface area contributed by atoms with Crippen molar-refractivity contribution in [1.82, 2.24) is 0 Å². The maximum absolute atomic E-state index is 10.4. The zero-order valence-electron chi connectivity index (χ0n) is 7.53. The molecule has 0 saturated heterocycles. The molecule has 0 unspecified atom stereocenters. The van der Waals surface area contributed by atoms with E-state index in [0.29, 0.717) is 10.6 Å². The largest absolute Gasteiger partial charge is 0.393 e. The Kier molecular flexibility index (Phi) is 3.09. The third kappa shape index (κ3) is 2.23. The van der Waals surface area contributed by atoms with Gasteiger partial charge in [0, 0.05) is 17.5 Å². The van der Waals surface area contributed by atoms with Gasteiger partial charge >= 0.3 is 0 Å². The van der Waals surface area contributed by atoms with Gasteiger partial charge in [-0.2, -0.15) is 0 Å². The lowest BCUT2D eigenvalue weighted by Crippen LogP contribution is -2.06. The molecule has 74 valence electrons. The number of nitrogens with two attached hydrogens (primary N) is 1. The normalized spacial score (nSPS) is 12.1. The van der Waals surface area contributed by atoms with Gasteiger partial charge in [-0.05, 0) is 12.1 Å². The molecule has 0 aliphatic rings. The van der Waals surface area contributed by atoms with E-state index in [0.717, 1.165) is 0 Å². The number of halogens is 1. The van der Waals surface area contributed by atoms with E-state index >= 15 is 0 Å². The summed E-state index contributed by atoms with van der Waals surface area (Å²) in [5.41, 5.74) is 6.21. The average molecular weight is 213 g/mol. The van der Waals surface area contributed by atoms with E-state index < -0.39 is 4.92 Å². The number of nitro groups is 1. The van der Waals surface area contributed by atoms with E-state index in [1.165, 1.54) is 6.92 Å². The smallest absolute Gasteiger partial charge is 0.266 e. The zero-order valence-corrected chi connectivity index (χ0v) is 8.28. The maximum atomic E-state index is 10.4. The van der Waals surface area contributed by atoms with Crippen LogP contribution in [0.2, 0.25) is 5.02 Å². The van der Waals surface area contributed by atoms with Gasteiger partial charge in [-0.25, -0.2) is 0 Å². The van der Waals surface area contributed by atoms with Gasteiger partial charge in [-0.1, -0.05) is 23.7 Å². The Hall–Kier alpha value is -1.55. The SMILES string of the molecule is C/C(=C(/N)c1cccc(Cl)c1)[N+](=O)[O-]. The predicted octanol–water partition coefficient (Wildman–Crippen LogP) is 2.26. The number of hydrogen-bond donors (Lipinski definition) is 1. The summed E-state index contributed by atoms with van der Waals surface area (Å²) in [6.45, 7) is 1.36. The van der Waals surface area contributed by atoms with Crippen molar-refractivity contribution in [3.63, 3.8) is 0 Å². The number of benzene rings is 1. The van der Waals surface area contributed by atoms with Crippen molar-refractivity contribution in [2.24, 2.45) is 5.73 Å². The Labute approximate surface area is 86.1 Å². The van der Waals surface area contributed by atoms with Crippen LogP contribution in [0.5, 0.6) is 0 Å². The molecule has 0 aromatic heterocycles. The molecule has 0 aliphatic heterocycles. The fourth-order valence-electron chi connectivity index (χ4n) is 0.963. The Morgan fingerprint density at radius 1 is 1.57 bits per heavy atom. The topological polar surface area (TPSA) is 69.2 Å². The first-order valence-corrected chi connectivity index (χ1v) is 4.27. The molecule has 0 aliphatic carbocycles. The van der Waals surface area contributed by atoms with Crippen LogP contribution in [-0.2, 0) is 0 Å². The molecular weight excluding hydrogens is 204 g/mol.